The fourth-order valence-corrected chi connectivity index (χ4v) is 2.22. The van der Waals surface area contributed by atoms with Gasteiger partial charge in [0, 0.05) is 11.6 Å². The number of amides is 1. The van der Waals surface area contributed by atoms with Gasteiger partial charge in [0.1, 0.15) is 11.9 Å². The van der Waals surface area contributed by atoms with Gasteiger partial charge in [0.2, 0.25) is 5.91 Å². The van der Waals surface area contributed by atoms with Crippen LogP contribution in [0, 0.1) is 17.2 Å². The highest BCUT2D eigenvalue weighted by atomic mass is 16.2. The Morgan fingerprint density at radius 1 is 1.22 bits per heavy atom. The molecule has 0 aliphatic heterocycles. The average molecular weight is 307 g/mol. The summed E-state index contributed by atoms with van der Waals surface area (Å²) in [6.07, 6.45) is 1.99. The van der Waals surface area contributed by atoms with E-state index in [2.05, 4.69) is 20.8 Å². The molecule has 1 aliphatic rings. The third kappa shape index (κ3) is 3.83. The van der Waals surface area contributed by atoms with Crippen LogP contribution in [0.15, 0.2) is 36.4 Å². The summed E-state index contributed by atoms with van der Waals surface area (Å²) in [5.41, 5.74) is 2.18. The van der Waals surface area contributed by atoms with E-state index in [4.69, 9.17) is 5.26 Å². The Morgan fingerprint density at radius 3 is 2.52 bits per heavy atom. The van der Waals surface area contributed by atoms with E-state index < -0.39 is 0 Å². The molecule has 0 radical (unpaired) electrons. The normalized spacial score (nSPS) is 14.6. The zero-order chi connectivity index (χ0) is 16.2. The summed E-state index contributed by atoms with van der Waals surface area (Å²) in [5.74, 6) is 0.921. The quantitative estimate of drug-likeness (QED) is 0.886. The lowest BCUT2D eigenvalue weighted by Crippen LogP contribution is -2.13. The predicted octanol–water partition coefficient (Wildman–Crippen LogP) is 2.87. The minimum Gasteiger partial charge on any atom is -0.362 e. The van der Waals surface area contributed by atoms with Gasteiger partial charge in [0.25, 0.3) is 0 Å². The lowest BCUT2D eigenvalue weighted by Gasteiger charge is -2.15. The summed E-state index contributed by atoms with van der Waals surface area (Å²) in [6.45, 7) is 2.01. The van der Waals surface area contributed by atoms with Gasteiger partial charge in [-0.2, -0.15) is 5.26 Å². The first-order valence-electron chi connectivity index (χ1n) is 7.57. The second-order valence-electron chi connectivity index (χ2n) is 5.67. The summed E-state index contributed by atoms with van der Waals surface area (Å²) in [4.78, 5) is 11.7. The molecule has 1 saturated carbocycles. The first kappa shape index (κ1) is 15.0. The lowest BCUT2D eigenvalue weighted by molar-refractivity contribution is -0.117. The van der Waals surface area contributed by atoms with E-state index >= 15 is 0 Å². The number of nitriles is 1. The van der Waals surface area contributed by atoms with Crippen molar-refractivity contribution in [3.8, 4) is 6.07 Å². The van der Waals surface area contributed by atoms with E-state index in [9.17, 15) is 4.79 Å². The molecule has 6 nitrogen and oxygen atoms in total. The number of hydrogen-bond donors (Lipinski definition) is 2. The van der Waals surface area contributed by atoms with Crippen LogP contribution in [0.3, 0.4) is 0 Å². The lowest BCUT2D eigenvalue weighted by atomic mass is 10.1. The van der Waals surface area contributed by atoms with Crippen molar-refractivity contribution in [1.29, 1.82) is 5.26 Å². The van der Waals surface area contributed by atoms with Crippen LogP contribution in [0.5, 0.6) is 0 Å². The molecule has 0 spiro atoms. The van der Waals surface area contributed by atoms with Crippen molar-refractivity contribution in [3.63, 3.8) is 0 Å². The molecule has 116 valence electrons. The second-order valence-corrected chi connectivity index (χ2v) is 5.67. The summed E-state index contributed by atoms with van der Waals surface area (Å²) in [7, 11) is 0. The highest BCUT2D eigenvalue weighted by molar-refractivity contribution is 5.94. The third-order valence-corrected chi connectivity index (χ3v) is 3.77. The number of hydrogen-bond acceptors (Lipinski definition) is 5. The van der Waals surface area contributed by atoms with E-state index in [0.29, 0.717) is 11.5 Å². The Morgan fingerprint density at radius 2 is 1.96 bits per heavy atom. The van der Waals surface area contributed by atoms with Crippen molar-refractivity contribution in [3.05, 3.63) is 47.7 Å². The smallest absolute Gasteiger partial charge is 0.227 e. The summed E-state index contributed by atoms with van der Waals surface area (Å²) >= 11 is 0. The number of nitrogens with one attached hydrogen (secondary N) is 2. The molecule has 0 saturated heterocycles. The molecule has 3 rings (SSSR count). The Hall–Kier alpha value is -2.94. The maximum absolute atomic E-state index is 11.7. The molecule has 2 aromatic rings. The van der Waals surface area contributed by atoms with Gasteiger partial charge in [-0.15, -0.1) is 10.2 Å². The summed E-state index contributed by atoms with van der Waals surface area (Å²) in [5, 5.41) is 22.6. The number of carbonyl (C=O) groups excluding carboxylic acids is 1. The third-order valence-electron chi connectivity index (χ3n) is 3.77. The molecule has 1 atom stereocenters. The van der Waals surface area contributed by atoms with E-state index in [0.717, 1.165) is 24.1 Å². The topological polar surface area (TPSA) is 90.7 Å². The van der Waals surface area contributed by atoms with Crippen molar-refractivity contribution in [1.82, 2.24) is 10.2 Å². The fraction of sp³-hybridized carbons (Fsp3) is 0.294. The van der Waals surface area contributed by atoms with E-state index in [-0.39, 0.29) is 17.9 Å². The molecule has 23 heavy (non-hydrogen) atoms. The predicted molar refractivity (Wildman–Crippen MR) is 86.6 cm³/mol. The van der Waals surface area contributed by atoms with Gasteiger partial charge in [-0.25, -0.2) is 0 Å². The highest BCUT2D eigenvalue weighted by Gasteiger charge is 2.29. The van der Waals surface area contributed by atoms with Crippen molar-refractivity contribution >= 4 is 17.4 Å². The van der Waals surface area contributed by atoms with Crippen molar-refractivity contribution in [2.24, 2.45) is 5.92 Å². The molecule has 6 heteroatoms. The van der Waals surface area contributed by atoms with Crippen LogP contribution >= 0.6 is 0 Å². The molecule has 1 heterocycles. The van der Waals surface area contributed by atoms with Gasteiger partial charge in [-0.05, 0) is 49.6 Å². The monoisotopic (exact) mass is 307 g/mol. The molecule has 1 aliphatic carbocycles. The Labute approximate surface area is 134 Å². The maximum Gasteiger partial charge on any atom is 0.227 e. The molecular weight excluding hydrogens is 290 g/mol. The molecule has 2 N–H and O–H groups in total. The van der Waals surface area contributed by atoms with Crippen LogP contribution in [-0.2, 0) is 4.79 Å². The number of rotatable bonds is 5. The largest absolute Gasteiger partial charge is 0.362 e. The first-order valence-corrected chi connectivity index (χ1v) is 7.57. The number of aromatic nitrogens is 2. The summed E-state index contributed by atoms with van der Waals surface area (Å²) in [6, 6.07) is 13.1. The fourth-order valence-electron chi connectivity index (χ4n) is 2.22. The van der Waals surface area contributed by atoms with Crippen molar-refractivity contribution in [2.45, 2.75) is 25.8 Å². The van der Waals surface area contributed by atoms with Crippen LogP contribution in [0.4, 0.5) is 11.5 Å². The number of carbonyl (C=O) groups is 1. The zero-order valence-electron chi connectivity index (χ0n) is 12.8. The standard InChI is InChI=1S/C17H17N5O/c1-11(19-16-9-8-15(10-18)21-22-16)12-4-6-14(7-5-12)20-17(23)13-2-3-13/h4-9,11,13H,2-3H2,1H3,(H,19,22)(H,20,23). The Bertz CT molecular complexity index is 729. The maximum atomic E-state index is 11.7. The molecule has 1 aromatic heterocycles. The molecule has 1 amide bonds. The van der Waals surface area contributed by atoms with Crippen molar-refractivity contribution in [2.75, 3.05) is 10.6 Å². The van der Waals surface area contributed by atoms with Crippen LogP contribution in [0.25, 0.3) is 0 Å². The zero-order valence-corrected chi connectivity index (χ0v) is 12.8. The van der Waals surface area contributed by atoms with Gasteiger partial charge in [-0.1, -0.05) is 12.1 Å². The van der Waals surface area contributed by atoms with Crippen LogP contribution < -0.4 is 10.6 Å². The van der Waals surface area contributed by atoms with Gasteiger partial charge in [0.05, 0.1) is 6.04 Å². The SMILES string of the molecule is CC(Nc1ccc(C#N)nn1)c1ccc(NC(=O)C2CC2)cc1. The van der Waals surface area contributed by atoms with Crippen LogP contribution in [0.1, 0.15) is 37.1 Å². The number of benzene rings is 1. The molecule has 1 unspecified atom stereocenters. The van der Waals surface area contributed by atoms with Gasteiger partial charge in [-0.3, -0.25) is 4.79 Å². The minimum absolute atomic E-state index is 0.0328. The Kier molecular flexibility index (Phi) is 4.20. The summed E-state index contributed by atoms with van der Waals surface area (Å²) < 4.78 is 0. The van der Waals surface area contributed by atoms with Gasteiger partial charge >= 0.3 is 0 Å². The second kappa shape index (κ2) is 6.44. The highest BCUT2D eigenvalue weighted by Crippen LogP contribution is 2.30. The molecule has 1 fully saturated rings. The van der Waals surface area contributed by atoms with E-state index in [1.54, 1.807) is 12.1 Å². The molecule has 0 bridgehead atoms. The minimum atomic E-state index is 0.0328. The average Bonchev–Trinajstić information content (AvgIpc) is 3.41. The van der Waals surface area contributed by atoms with Gasteiger partial charge < -0.3 is 10.6 Å². The van der Waals surface area contributed by atoms with E-state index in [1.165, 1.54) is 0 Å². The number of nitrogens with zero attached hydrogens (tertiary/aromatic N) is 3. The first-order chi connectivity index (χ1) is 11.2. The van der Waals surface area contributed by atoms with Crippen LogP contribution in [0.2, 0.25) is 0 Å². The van der Waals surface area contributed by atoms with Gasteiger partial charge in [0.15, 0.2) is 5.69 Å². The molecule has 1 aromatic carbocycles. The van der Waals surface area contributed by atoms with Crippen LogP contribution in [-0.4, -0.2) is 16.1 Å². The Balaban J connectivity index is 1.61. The van der Waals surface area contributed by atoms with E-state index in [1.807, 2.05) is 37.3 Å². The molecular formula is C17H17N5O. The van der Waals surface area contributed by atoms with Crippen molar-refractivity contribution < 1.29 is 4.79 Å². The number of anilines is 2.